The second-order valence-electron chi connectivity index (χ2n) is 6.78. The third kappa shape index (κ3) is 2.98. The van der Waals surface area contributed by atoms with E-state index < -0.39 is 0 Å². The molecule has 7 heteroatoms. The van der Waals surface area contributed by atoms with E-state index in [9.17, 15) is 4.79 Å². The van der Waals surface area contributed by atoms with Crippen molar-refractivity contribution in [2.45, 2.75) is 31.7 Å². The van der Waals surface area contributed by atoms with Gasteiger partial charge in [0, 0.05) is 32.2 Å². The van der Waals surface area contributed by atoms with Gasteiger partial charge in [0.25, 0.3) is 0 Å². The molecule has 0 saturated carbocycles. The highest BCUT2D eigenvalue weighted by Gasteiger charge is 2.31. The molecule has 128 valence electrons. The van der Waals surface area contributed by atoms with Crippen molar-refractivity contribution in [1.82, 2.24) is 14.9 Å². The Morgan fingerprint density at radius 3 is 2.88 bits per heavy atom. The number of carbonyl (C=O) groups excluding carboxylic acids is 1. The quantitative estimate of drug-likeness (QED) is 0.899. The van der Waals surface area contributed by atoms with Crippen LogP contribution in [0.5, 0.6) is 0 Å². The van der Waals surface area contributed by atoms with Crippen molar-refractivity contribution >= 4 is 33.3 Å². The van der Waals surface area contributed by atoms with E-state index in [-0.39, 0.29) is 12.0 Å². The Morgan fingerprint density at radius 1 is 1.21 bits per heavy atom. The zero-order valence-corrected chi connectivity index (χ0v) is 14.5. The third-order valence-electron chi connectivity index (χ3n) is 5.16. The molecule has 0 bridgehead atoms. The van der Waals surface area contributed by atoms with Gasteiger partial charge in [0.05, 0.1) is 11.3 Å². The van der Waals surface area contributed by atoms with E-state index in [1.54, 1.807) is 17.7 Å². The number of hydrogen-bond donors (Lipinski definition) is 1. The van der Waals surface area contributed by atoms with Crippen molar-refractivity contribution in [2.24, 2.45) is 11.7 Å². The Hall–Kier alpha value is -1.73. The molecule has 4 heterocycles. The van der Waals surface area contributed by atoms with Gasteiger partial charge in [-0.1, -0.05) is 0 Å². The maximum atomic E-state index is 12.9. The molecule has 4 rings (SSSR count). The van der Waals surface area contributed by atoms with Gasteiger partial charge in [-0.15, -0.1) is 11.3 Å². The fourth-order valence-corrected chi connectivity index (χ4v) is 4.51. The molecule has 0 aliphatic carbocycles. The molecule has 0 aromatic carbocycles. The number of hydrogen-bond acceptors (Lipinski definition) is 6. The molecule has 0 spiro atoms. The zero-order chi connectivity index (χ0) is 16.5. The first-order chi connectivity index (χ1) is 11.7. The standard InChI is InChI=1S/C17H23N5OS/c18-13-3-7-21(8-4-13)17(23)12-2-1-6-22(10-12)15-14-5-9-24-16(14)20-11-19-15/h5,9,11-13H,1-4,6-8,10,18H2. The number of anilines is 1. The van der Waals surface area contributed by atoms with E-state index >= 15 is 0 Å². The predicted molar refractivity (Wildman–Crippen MR) is 96.1 cm³/mol. The summed E-state index contributed by atoms with van der Waals surface area (Å²) in [5.74, 6) is 1.33. The minimum atomic E-state index is 0.0664. The molecule has 2 fully saturated rings. The molecule has 2 N–H and O–H groups in total. The number of thiophene rings is 1. The highest BCUT2D eigenvalue weighted by Crippen LogP contribution is 2.30. The summed E-state index contributed by atoms with van der Waals surface area (Å²) in [6.07, 6.45) is 5.47. The third-order valence-corrected chi connectivity index (χ3v) is 5.98. The van der Waals surface area contributed by atoms with Crippen LogP contribution in [0, 0.1) is 5.92 Å². The average Bonchev–Trinajstić information content (AvgIpc) is 3.10. The molecular weight excluding hydrogens is 322 g/mol. The molecule has 24 heavy (non-hydrogen) atoms. The van der Waals surface area contributed by atoms with Crippen LogP contribution >= 0.6 is 11.3 Å². The maximum absolute atomic E-state index is 12.9. The zero-order valence-electron chi connectivity index (χ0n) is 13.7. The van der Waals surface area contributed by atoms with Crippen LogP contribution in [0.15, 0.2) is 17.8 Å². The maximum Gasteiger partial charge on any atom is 0.227 e. The molecule has 1 atom stereocenters. The number of amides is 1. The summed E-state index contributed by atoms with van der Waals surface area (Å²) < 4.78 is 0. The van der Waals surface area contributed by atoms with Crippen LogP contribution in [0.4, 0.5) is 5.82 Å². The lowest BCUT2D eigenvalue weighted by Gasteiger charge is -2.37. The summed E-state index contributed by atoms with van der Waals surface area (Å²) >= 11 is 1.63. The van der Waals surface area contributed by atoms with Crippen LogP contribution in [-0.2, 0) is 4.79 Å². The molecule has 2 saturated heterocycles. The SMILES string of the molecule is NC1CCN(C(=O)C2CCCN(c3ncnc4sccc34)C2)CC1. The fourth-order valence-electron chi connectivity index (χ4n) is 3.78. The summed E-state index contributed by atoms with van der Waals surface area (Å²) in [5, 5.41) is 3.14. The smallest absolute Gasteiger partial charge is 0.227 e. The second-order valence-corrected chi connectivity index (χ2v) is 7.68. The van der Waals surface area contributed by atoms with Crippen molar-refractivity contribution in [1.29, 1.82) is 0 Å². The van der Waals surface area contributed by atoms with Gasteiger partial charge in [-0.2, -0.15) is 0 Å². The molecule has 2 aliphatic heterocycles. The molecule has 0 radical (unpaired) electrons. The van der Waals surface area contributed by atoms with E-state index in [0.29, 0.717) is 5.91 Å². The van der Waals surface area contributed by atoms with Crippen LogP contribution in [0.25, 0.3) is 10.2 Å². The van der Waals surface area contributed by atoms with Crippen LogP contribution in [0.3, 0.4) is 0 Å². The van der Waals surface area contributed by atoms with Gasteiger partial charge >= 0.3 is 0 Å². The van der Waals surface area contributed by atoms with Crippen LogP contribution in [0.1, 0.15) is 25.7 Å². The van der Waals surface area contributed by atoms with Crippen molar-refractivity contribution in [2.75, 3.05) is 31.1 Å². The number of nitrogens with two attached hydrogens (primary N) is 1. The van der Waals surface area contributed by atoms with Gasteiger partial charge in [0.2, 0.25) is 5.91 Å². The summed E-state index contributed by atoms with van der Waals surface area (Å²) in [5.41, 5.74) is 5.96. The topological polar surface area (TPSA) is 75.3 Å². The number of likely N-dealkylation sites (tertiary alicyclic amines) is 1. The lowest BCUT2D eigenvalue weighted by atomic mass is 9.95. The molecular formula is C17H23N5OS. The van der Waals surface area contributed by atoms with Gasteiger partial charge in [-0.05, 0) is 37.1 Å². The molecule has 2 aromatic heterocycles. The van der Waals surface area contributed by atoms with Crippen LogP contribution in [-0.4, -0.2) is 53.0 Å². The van der Waals surface area contributed by atoms with Crippen LogP contribution < -0.4 is 10.6 Å². The van der Waals surface area contributed by atoms with Crippen molar-refractivity contribution in [3.05, 3.63) is 17.8 Å². The molecule has 2 aromatic rings. The Morgan fingerprint density at radius 2 is 2.04 bits per heavy atom. The van der Waals surface area contributed by atoms with Crippen molar-refractivity contribution in [3.8, 4) is 0 Å². The van der Waals surface area contributed by atoms with E-state index in [1.807, 2.05) is 10.3 Å². The van der Waals surface area contributed by atoms with Crippen molar-refractivity contribution in [3.63, 3.8) is 0 Å². The highest BCUT2D eigenvalue weighted by molar-refractivity contribution is 7.16. The van der Waals surface area contributed by atoms with Crippen molar-refractivity contribution < 1.29 is 4.79 Å². The number of rotatable bonds is 2. The first-order valence-corrected chi connectivity index (χ1v) is 9.58. The summed E-state index contributed by atoms with van der Waals surface area (Å²) in [6.45, 7) is 3.32. The fraction of sp³-hybridized carbons (Fsp3) is 0.588. The summed E-state index contributed by atoms with van der Waals surface area (Å²) in [6, 6.07) is 2.33. The van der Waals surface area contributed by atoms with E-state index in [2.05, 4.69) is 20.9 Å². The minimum absolute atomic E-state index is 0.0664. The van der Waals surface area contributed by atoms with Crippen LogP contribution in [0.2, 0.25) is 0 Å². The monoisotopic (exact) mass is 345 g/mol. The number of fused-ring (bicyclic) bond motifs is 1. The Bertz CT molecular complexity index is 725. The number of carbonyl (C=O) groups is 1. The minimum Gasteiger partial charge on any atom is -0.355 e. The second kappa shape index (κ2) is 6.64. The molecule has 2 aliphatic rings. The van der Waals surface area contributed by atoms with E-state index in [1.165, 1.54) is 0 Å². The largest absolute Gasteiger partial charge is 0.355 e. The lowest BCUT2D eigenvalue weighted by molar-refractivity contribution is -0.136. The summed E-state index contributed by atoms with van der Waals surface area (Å²) in [7, 11) is 0. The Balaban J connectivity index is 1.49. The Kier molecular flexibility index (Phi) is 4.37. The summed E-state index contributed by atoms with van der Waals surface area (Å²) in [4.78, 5) is 27.0. The first kappa shape index (κ1) is 15.8. The molecule has 6 nitrogen and oxygen atoms in total. The molecule has 1 unspecified atom stereocenters. The van der Waals surface area contributed by atoms with E-state index in [4.69, 9.17) is 5.73 Å². The van der Waals surface area contributed by atoms with Gasteiger partial charge < -0.3 is 15.5 Å². The van der Waals surface area contributed by atoms with Gasteiger partial charge in [-0.3, -0.25) is 4.79 Å². The van der Waals surface area contributed by atoms with Gasteiger partial charge in [-0.25, -0.2) is 9.97 Å². The normalized spacial score (nSPS) is 23.0. The number of nitrogens with zero attached hydrogens (tertiary/aromatic N) is 4. The first-order valence-electron chi connectivity index (χ1n) is 8.70. The highest BCUT2D eigenvalue weighted by atomic mass is 32.1. The van der Waals surface area contributed by atoms with Gasteiger partial charge in [0.1, 0.15) is 17.0 Å². The molecule has 1 amide bonds. The Labute approximate surface area is 145 Å². The predicted octanol–water partition coefficient (Wildman–Crippen LogP) is 1.86. The number of piperidine rings is 2. The number of aromatic nitrogens is 2. The average molecular weight is 345 g/mol. The van der Waals surface area contributed by atoms with E-state index in [0.717, 1.165) is 67.9 Å². The lowest BCUT2D eigenvalue weighted by Crippen LogP contribution is -2.49. The van der Waals surface area contributed by atoms with Gasteiger partial charge in [0.15, 0.2) is 0 Å².